The SMILES string of the molecule is CCC(c1ccccc1)N1c2nc(N3CCOCC3)cc(=O)n2C[C@H]1C(F)(F)F. The van der Waals surface area contributed by atoms with E-state index in [9.17, 15) is 18.0 Å². The van der Waals surface area contributed by atoms with Gasteiger partial charge in [-0.05, 0) is 12.0 Å². The second-order valence-electron chi connectivity index (χ2n) is 7.26. The van der Waals surface area contributed by atoms with Gasteiger partial charge in [0.1, 0.15) is 11.9 Å². The fourth-order valence-corrected chi connectivity index (χ4v) is 4.09. The summed E-state index contributed by atoms with van der Waals surface area (Å²) >= 11 is 0. The van der Waals surface area contributed by atoms with Crippen molar-refractivity contribution in [2.75, 3.05) is 36.1 Å². The van der Waals surface area contributed by atoms with E-state index in [2.05, 4.69) is 4.98 Å². The minimum absolute atomic E-state index is 0.0806. The fraction of sp³-hybridized carbons (Fsp3) is 0.500. The largest absolute Gasteiger partial charge is 0.410 e. The summed E-state index contributed by atoms with van der Waals surface area (Å²) in [6.07, 6.45) is -4.03. The van der Waals surface area contributed by atoms with E-state index < -0.39 is 30.4 Å². The summed E-state index contributed by atoms with van der Waals surface area (Å²) in [5.74, 6) is 0.484. The van der Waals surface area contributed by atoms with Gasteiger partial charge in [-0.1, -0.05) is 37.3 Å². The average molecular weight is 408 g/mol. The maximum Gasteiger partial charge on any atom is 0.410 e. The van der Waals surface area contributed by atoms with Gasteiger partial charge in [0.15, 0.2) is 0 Å². The van der Waals surface area contributed by atoms with Gasteiger partial charge in [-0.15, -0.1) is 0 Å². The van der Waals surface area contributed by atoms with Crippen LogP contribution in [0.4, 0.5) is 24.9 Å². The number of aromatic nitrogens is 2. The lowest BCUT2D eigenvalue weighted by molar-refractivity contribution is -0.150. The number of nitrogens with zero attached hydrogens (tertiary/aromatic N) is 4. The highest BCUT2D eigenvalue weighted by Gasteiger charge is 2.51. The van der Waals surface area contributed by atoms with Gasteiger partial charge in [-0.2, -0.15) is 18.2 Å². The number of morpholine rings is 1. The number of hydrogen-bond acceptors (Lipinski definition) is 5. The van der Waals surface area contributed by atoms with Gasteiger partial charge >= 0.3 is 6.18 Å². The molecule has 2 aliphatic heterocycles. The molecule has 156 valence electrons. The van der Waals surface area contributed by atoms with Crippen LogP contribution in [-0.4, -0.2) is 48.1 Å². The van der Waals surface area contributed by atoms with Crippen molar-refractivity contribution >= 4 is 11.8 Å². The molecule has 0 saturated carbocycles. The van der Waals surface area contributed by atoms with Crippen molar-refractivity contribution in [3.05, 3.63) is 52.3 Å². The highest BCUT2D eigenvalue weighted by atomic mass is 19.4. The zero-order valence-electron chi connectivity index (χ0n) is 16.1. The predicted octanol–water partition coefficient (Wildman–Crippen LogP) is 2.98. The summed E-state index contributed by atoms with van der Waals surface area (Å²) in [6, 6.07) is 8.06. The van der Waals surface area contributed by atoms with Crippen LogP contribution in [0.2, 0.25) is 0 Å². The standard InChI is InChI=1S/C20H23F3N4O2/c1-2-15(14-6-4-3-5-7-14)27-16(20(21,22)23)13-26-18(28)12-17(24-19(26)27)25-8-10-29-11-9-25/h3-7,12,15-16H,2,8-11,13H2,1H3/t15?,16-/m0/s1. The zero-order valence-corrected chi connectivity index (χ0v) is 16.1. The number of halogens is 3. The topological polar surface area (TPSA) is 50.6 Å². The van der Waals surface area contributed by atoms with Crippen LogP contribution in [0.5, 0.6) is 0 Å². The van der Waals surface area contributed by atoms with Crippen LogP contribution >= 0.6 is 0 Å². The monoisotopic (exact) mass is 408 g/mol. The van der Waals surface area contributed by atoms with E-state index in [4.69, 9.17) is 4.74 Å². The first-order valence-electron chi connectivity index (χ1n) is 9.74. The van der Waals surface area contributed by atoms with Crippen LogP contribution < -0.4 is 15.4 Å². The van der Waals surface area contributed by atoms with Crippen LogP contribution in [0.1, 0.15) is 24.9 Å². The molecule has 1 fully saturated rings. The third-order valence-corrected chi connectivity index (χ3v) is 5.52. The first kappa shape index (κ1) is 19.8. The lowest BCUT2D eigenvalue weighted by Crippen LogP contribution is -2.46. The molecule has 4 rings (SSSR count). The molecule has 0 aliphatic carbocycles. The molecule has 3 heterocycles. The molecule has 29 heavy (non-hydrogen) atoms. The maximum atomic E-state index is 14.0. The summed E-state index contributed by atoms with van der Waals surface area (Å²) in [4.78, 5) is 20.4. The Morgan fingerprint density at radius 1 is 1.21 bits per heavy atom. The molecule has 1 aromatic carbocycles. The Morgan fingerprint density at radius 3 is 2.52 bits per heavy atom. The first-order chi connectivity index (χ1) is 13.9. The van der Waals surface area contributed by atoms with E-state index in [0.29, 0.717) is 38.5 Å². The molecule has 2 aromatic rings. The fourth-order valence-electron chi connectivity index (χ4n) is 4.09. The minimum Gasteiger partial charge on any atom is -0.378 e. The maximum absolute atomic E-state index is 14.0. The van der Waals surface area contributed by atoms with Gasteiger partial charge in [0.05, 0.1) is 25.8 Å². The molecule has 1 saturated heterocycles. The molecule has 0 spiro atoms. The van der Waals surface area contributed by atoms with E-state index in [1.54, 1.807) is 12.1 Å². The van der Waals surface area contributed by atoms with E-state index in [0.717, 1.165) is 10.1 Å². The third-order valence-electron chi connectivity index (χ3n) is 5.52. The molecule has 0 N–H and O–H groups in total. The average Bonchev–Trinajstić information content (AvgIpc) is 3.11. The van der Waals surface area contributed by atoms with Crippen molar-refractivity contribution < 1.29 is 17.9 Å². The molecule has 0 bridgehead atoms. The number of anilines is 2. The normalized spacial score (nSPS) is 20.6. The van der Waals surface area contributed by atoms with Gasteiger partial charge < -0.3 is 14.5 Å². The Morgan fingerprint density at radius 2 is 1.90 bits per heavy atom. The molecule has 2 atom stereocenters. The van der Waals surface area contributed by atoms with Crippen LogP contribution in [0.3, 0.4) is 0 Å². The van der Waals surface area contributed by atoms with Crippen molar-refractivity contribution in [1.29, 1.82) is 0 Å². The number of fused-ring (bicyclic) bond motifs is 1. The zero-order chi connectivity index (χ0) is 20.6. The van der Waals surface area contributed by atoms with Crippen LogP contribution in [0.15, 0.2) is 41.2 Å². The Kier molecular flexibility index (Phi) is 5.24. The van der Waals surface area contributed by atoms with Crippen LogP contribution in [0, 0.1) is 0 Å². The van der Waals surface area contributed by atoms with Crippen molar-refractivity contribution in [2.45, 2.75) is 38.1 Å². The van der Waals surface area contributed by atoms with E-state index in [1.165, 1.54) is 11.0 Å². The van der Waals surface area contributed by atoms with Crippen LogP contribution in [0.25, 0.3) is 0 Å². The van der Waals surface area contributed by atoms with Gasteiger partial charge in [-0.25, -0.2) is 0 Å². The van der Waals surface area contributed by atoms with Crippen molar-refractivity contribution in [1.82, 2.24) is 9.55 Å². The van der Waals surface area contributed by atoms with E-state index >= 15 is 0 Å². The Balaban J connectivity index is 1.82. The van der Waals surface area contributed by atoms with Gasteiger partial charge in [0.25, 0.3) is 5.56 Å². The number of ether oxygens (including phenoxy) is 1. The molecule has 1 aromatic heterocycles. The predicted molar refractivity (Wildman–Crippen MR) is 103 cm³/mol. The molecule has 0 radical (unpaired) electrons. The second-order valence-corrected chi connectivity index (χ2v) is 7.26. The Labute approximate surface area is 166 Å². The van der Waals surface area contributed by atoms with E-state index in [-0.39, 0.29) is 5.95 Å². The smallest absolute Gasteiger partial charge is 0.378 e. The molecule has 2 aliphatic rings. The third kappa shape index (κ3) is 3.71. The molecule has 9 heteroatoms. The Hall–Kier alpha value is -2.55. The summed E-state index contributed by atoms with van der Waals surface area (Å²) in [5.41, 5.74) is 0.305. The molecular weight excluding hydrogens is 385 g/mol. The highest BCUT2D eigenvalue weighted by Crippen LogP contribution is 2.41. The number of benzene rings is 1. The molecule has 1 unspecified atom stereocenters. The summed E-state index contributed by atoms with van der Waals surface area (Å²) in [5, 5.41) is 0. The minimum atomic E-state index is -4.48. The number of rotatable bonds is 4. The Bertz CT molecular complexity index is 910. The lowest BCUT2D eigenvalue weighted by Gasteiger charge is -2.35. The summed E-state index contributed by atoms with van der Waals surface area (Å²) in [6.45, 7) is 3.49. The summed E-state index contributed by atoms with van der Waals surface area (Å²) < 4.78 is 48.4. The van der Waals surface area contributed by atoms with Crippen LogP contribution in [-0.2, 0) is 11.3 Å². The number of hydrogen-bond donors (Lipinski definition) is 0. The quantitative estimate of drug-likeness (QED) is 0.779. The molecule has 6 nitrogen and oxygen atoms in total. The first-order valence-corrected chi connectivity index (χ1v) is 9.74. The second kappa shape index (κ2) is 7.70. The molecular formula is C20H23F3N4O2. The number of alkyl halides is 3. The summed E-state index contributed by atoms with van der Waals surface area (Å²) in [7, 11) is 0. The van der Waals surface area contributed by atoms with Gasteiger partial charge in [-0.3, -0.25) is 9.36 Å². The molecule has 0 amide bonds. The van der Waals surface area contributed by atoms with Crippen molar-refractivity contribution in [2.24, 2.45) is 0 Å². The lowest BCUT2D eigenvalue weighted by atomic mass is 10.0. The van der Waals surface area contributed by atoms with E-state index in [1.807, 2.05) is 30.0 Å². The van der Waals surface area contributed by atoms with Crippen molar-refractivity contribution in [3.63, 3.8) is 0 Å². The highest BCUT2D eigenvalue weighted by molar-refractivity contribution is 5.50. The van der Waals surface area contributed by atoms with Crippen molar-refractivity contribution in [3.8, 4) is 0 Å². The van der Waals surface area contributed by atoms with Gasteiger partial charge in [0, 0.05) is 19.2 Å². The van der Waals surface area contributed by atoms with Gasteiger partial charge in [0.2, 0.25) is 5.95 Å².